The quantitative estimate of drug-likeness (QED) is 0.486. The van der Waals surface area contributed by atoms with Gasteiger partial charge >= 0.3 is 0 Å². The molecule has 1 fully saturated rings. The van der Waals surface area contributed by atoms with Gasteiger partial charge in [0.25, 0.3) is 0 Å². The van der Waals surface area contributed by atoms with E-state index in [9.17, 15) is 0 Å². The zero-order valence-electron chi connectivity index (χ0n) is 17.4. The van der Waals surface area contributed by atoms with Crippen LogP contribution in [0.15, 0.2) is 47.5 Å². The molecule has 0 unspecified atom stereocenters. The summed E-state index contributed by atoms with van der Waals surface area (Å²) < 4.78 is 2.15. The number of hydrogen-bond donors (Lipinski definition) is 1. The Morgan fingerprint density at radius 3 is 2.65 bits per heavy atom. The molecule has 2 aliphatic rings. The molecule has 0 amide bonds. The zero-order valence-corrected chi connectivity index (χ0v) is 18.2. The fourth-order valence-electron chi connectivity index (χ4n) is 4.05. The van der Waals surface area contributed by atoms with E-state index in [1.165, 1.54) is 0 Å². The van der Waals surface area contributed by atoms with Gasteiger partial charge in [-0.15, -0.1) is 10.2 Å². The molecule has 2 aromatic carbocycles. The van der Waals surface area contributed by atoms with Crippen molar-refractivity contribution in [3.63, 3.8) is 0 Å². The average Bonchev–Trinajstić information content (AvgIpc) is 3.48. The lowest BCUT2D eigenvalue weighted by molar-refractivity contribution is 0.285. The maximum atomic E-state index is 8.95. The molecule has 1 spiro atoms. The zero-order chi connectivity index (χ0) is 21.4. The van der Waals surface area contributed by atoms with Crippen LogP contribution in [0, 0.1) is 18.8 Å². The van der Waals surface area contributed by atoms with Gasteiger partial charge in [-0.1, -0.05) is 35.6 Å². The highest BCUT2D eigenvalue weighted by molar-refractivity contribution is 6.30. The summed E-state index contributed by atoms with van der Waals surface area (Å²) in [7, 11) is 0. The van der Waals surface area contributed by atoms with Crippen LogP contribution >= 0.6 is 11.6 Å². The third kappa shape index (κ3) is 3.67. The molecule has 5 rings (SSSR count). The Morgan fingerprint density at radius 2 is 1.90 bits per heavy atom. The number of rotatable bonds is 4. The van der Waals surface area contributed by atoms with Gasteiger partial charge < -0.3 is 5.11 Å². The second-order valence-corrected chi connectivity index (χ2v) is 8.56. The highest BCUT2D eigenvalue weighted by Gasteiger charge is 2.51. The molecular formula is C25H23ClN4O. The van der Waals surface area contributed by atoms with E-state index in [1.807, 2.05) is 37.3 Å². The molecule has 1 aliphatic carbocycles. The second-order valence-electron chi connectivity index (χ2n) is 8.12. The van der Waals surface area contributed by atoms with Crippen LogP contribution in [0.1, 0.15) is 60.4 Å². The number of fused-ring (bicyclic) bond motifs is 4. The van der Waals surface area contributed by atoms with Crippen LogP contribution in [0.2, 0.25) is 5.02 Å². The molecule has 1 aromatic heterocycles. The van der Waals surface area contributed by atoms with Gasteiger partial charge in [-0.25, -0.2) is 0 Å². The topological polar surface area (TPSA) is 63.3 Å². The van der Waals surface area contributed by atoms with E-state index in [-0.39, 0.29) is 12.1 Å². The van der Waals surface area contributed by atoms with E-state index in [4.69, 9.17) is 21.7 Å². The number of aromatic nitrogens is 3. The number of aliphatic hydroxyl groups excluding tert-OH is 1. The van der Waals surface area contributed by atoms with Crippen LogP contribution in [0.5, 0.6) is 0 Å². The van der Waals surface area contributed by atoms with Crippen molar-refractivity contribution in [2.24, 2.45) is 4.99 Å². The summed E-state index contributed by atoms with van der Waals surface area (Å²) in [5.74, 6) is 8.27. The number of nitrogens with zero attached hydrogens (tertiary/aromatic N) is 4. The standard InChI is InChI=1S/C25H23ClN4O/c1-17-28-29-24-25(13-14-25)27-23(19-8-10-20(26)11-9-19)21-16-18(6-4-2-3-5-15-31)7-12-22(21)30(17)24/h7-12,16,31H,2-3,5,13-15H2,1H3. The Balaban J connectivity index is 1.66. The Morgan fingerprint density at radius 1 is 1.10 bits per heavy atom. The van der Waals surface area contributed by atoms with Gasteiger partial charge in [-0.05, 0) is 62.9 Å². The van der Waals surface area contributed by atoms with Gasteiger partial charge in [-0.2, -0.15) is 0 Å². The predicted molar refractivity (Wildman–Crippen MR) is 122 cm³/mol. The van der Waals surface area contributed by atoms with Gasteiger partial charge in [0, 0.05) is 34.7 Å². The van der Waals surface area contributed by atoms with Crippen molar-refractivity contribution in [1.82, 2.24) is 14.8 Å². The normalized spacial score (nSPS) is 15.4. The first-order chi connectivity index (χ1) is 15.1. The van der Waals surface area contributed by atoms with Crippen LogP contribution < -0.4 is 0 Å². The summed E-state index contributed by atoms with van der Waals surface area (Å²) in [6.07, 6.45) is 4.39. The largest absolute Gasteiger partial charge is 0.396 e. The van der Waals surface area contributed by atoms with Gasteiger partial charge in [0.2, 0.25) is 0 Å². The number of aliphatic hydroxyl groups is 1. The van der Waals surface area contributed by atoms with Crippen molar-refractivity contribution in [2.45, 2.75) is 44.6 Å². The van der Waals surface area contributed by atoms with Crippen LogP contribution in [0.4, 0.5) is 0 Å². The number of aliphatic imine (C=N–C) groups is 1. The third-order valence-corrected chi connectivity index (χ3v) is 6.10. The molecule has 1 aliphatic heterocycles. The lowest BCUT2D eigenvalue weighted by Gasteiger charge is -2.13. The summed E-state index contributed by atoms with van der Waals surface area (Å²) in [5, 5.41) is 18.5. The number of aryl methyl sites for hydroxylation is 1. The summed E-state index contributed by atoms with van der Waals surface area (Å²) >= 11 is 6.15. The molecular weight excluding hydrogens is 408 g/mol. The van der Waals surface area contributed by atoms with E-state index < -0.39 is 0 Å². The van der Waals surface area contributed by atoms with Crippen molar-refractivity contribution in [3.05, 3.63) is 75.8 Å². The fourth-order valence-corrected chi connectivity index (χ4v) is 4.17. The van der Waals surface area contributed by atoms with Crippen LogP contribution in [-0.2, 0) is 5.54 Å². The minimum atomic E-state index is -0.314. The summed E-state index contributed by atoms with van der Waals surface area (Å²) in [4.78, 5) is 5.25. The molecule has 5 nitrogen and oxygen atoms in total. The van der Waals surface area contributed by atoms with Crippen molar-refractivity contribution in [1.29, 1.82) is 0 Å². The molecule has 156 valence electrons. The molecule has 31 heavy (non-hydrogen) atoms. The van der Waals surface area contributed by atoms with E-state index in [2.05, 4.69) is 38.7 Å². The lowest BCUT2D eigenvalue weighted by Crippen LogP contribution is -2.11. The van der Waals surface area contributed by atoms with Gasteiger partial charge in [0.15, 0.2) is 5.82 Å². The Bertz CT molecular complexity index is 1230. The van der Waals surface area contributed by atoms with Crippen molar-refractivity contribution < 1.29 is 5.11 Å². The maximum absolute atomic E-state index is 8.95. The van der Waals surface area contributed by atoms with Gasteiger partial charge in [0.05, 0.1) is 11.4 Å². The smallest absolute Gasteiger partial charge is 0.165 e. The van der Waals surface area contributed by atoms with E-state index in [1.54, 1.807) is 0 Å². The Kier molecular flexibility index (Phi) is 5.13. The summed E-state index contributed by atoms with van der Waals surface area (Å²) in [6.45, 7) is 2.20. The minimum Gasteiger partial charge on any atom is -0.396 e. The number of benzene rings is 2. The highest BCUT2D eigenvalue weighted by atomic mass is 35.5. The van der Waals surface area contributed by atoms with E-state index in [0.29, 0.717) is 5.02 Å². The van der Waals surface area contributed by atoms with Crippen LogP contribution in [0.25, 0.3) is 5.69 Å². The number of halogens is 1. The lowest BCUT2D eigenvalue weighted by atomic mass is 9.98. The minimum absolute atomic E-state index is 0.212. The van der Waals surface area contributed by atoms with Crippen molar-refractivity contribution in [2.75, 3.05) is 6.61 Å². The van der Waals surface area contributed by atoms with Crippen LogP contribution in [-0.4, -0.2) is 32.2 Å². The Hall–Kier alpha value is -2.94. The molecule has 3 aromatic rings. The molecule has 0 atom stereocenters. The molecule has 0 bridgehead atoms. The van der Waals surface area contributed by atoms with E-state index >= 15 is 0 Å². The molecule has 1 saturated carbocycles. The number of hydrogen-bond acceptors (Lipinski definition) is 4. The predicted octanol–water partition coefficient (Wildman–Crippen LogP) is 4.58. The first kappa shape index (κ1) is 20.0. The third-order valence-electron chi connectivity index (χ3n) is 5.84. The molecule has 6 heteroatoms. The Labute approximate surface area is 186 Å². The maximum Gasteiger partial charge on any atom is 0.165 e. The first-order valence-electron chi connectivity index (χ1n) is 10.6. The van der Waals surface area contributed by atoms with Crippen molar-refractivity contribution >= 4 is 17.3 Å². The SMILES string of the molecule is Cc1nnc2n1-c1ccc(C#CCCCCO)cc1C(c1ccc(Cl)cc1)=NC21CC1. The van der Waals surface area contributed by atoms with Gasteiger partial charge in [0.1, 0.15) is 11.4 Å². The molecule has 2 heterocycles. The van der Waals surface area contributed by atoms with Gasteiger partial charge in [-0.3, -0.25) is 9.56 Å². The molecule has 1 N–H and O–H groups in total. The monoisotopic (exact) mass is 430 g/mol. The fraction of sp³-hybridized carbons (Fsp3) is 0.320. The first-order valence-corrected chi connectivity index (χ1v) is 11.0. The van der Waals surface area contributed by atoms with Crippen molar-refractivity contribution in [3.8, 4) is 17.5 Å². The molecule has 0 radical (unpaired) electrons. The number of unbranched alkanes of at least 4 members (excludes halogenated alkanes) is 2. The van der Waals surface area contributed by atoms with Crippen LogP contribution in [0.3, 0.4) is 0 Å². The second kappa shape index (κ2) is 7.96. The average molecular weight is 431 g/mol. The highest BCUT2D eigenvalue weighted by Crippen LogP contribution is 2.51. The molecule has 0 saturated heterocycles. The summed E-state index contributed by atoms with van der Waals surface area (Å²) in [6, 6.07) is 14.1. The van der Waals surface area contributed by atoms with E-state index in [0.717, 1.165) is 71.8 Å². The summed E-state index contributed by atoms with van der Waals surface area (Å²) in [5.41, 5.74) is 4.66.